The number of carbonyl (C=O) groups excluding carboxylic acids is 2. The lowest BCUT2D eigenvalue weighted by atomic mass is 10.0. The molecule has 0 aromatic heterocycles. The lowest BCUT2D eigenvalue weighted by Crippen LogP contribution is -2.44. The van der Waals surface area contributed by atoms with Crippen LogP contribution in [-0.2, 0) is 4.79 Å². The van der Waals surface area contributed by atoms with Crippen LogP contribution >= 0.6 is 0 Å². The molecule has 138 valence electrons. The summed E-state index contributed by atoms with van der Waals surface area (Å²) in [6.45, 7) is 11.0. The van der Waals surface area contributed by atoms with E-state index >= 15 is 0 Å². The van der Waals surface area contributed by atoms with Crippen molar-refractivity contribution in [2.75, 3.05) is 13.2 Å². The number of benzene rings is 1. The summed E-state index contributed by atoms with van der Waals surface area (Å²) in [7, 11) is 0. The van der Waals surface area contributed by atoms with Gasteiger partial charge in [-0.05, 0) is 40.7 Å². The summed E-state index contributed by atoms with van der Waals surface area (Å²) in [6, 6.07) is 5.50. The van der Waals surface area contributed by atoms with Crippen LogP contribution in [0.4, 0.5) is 4.79 Å². The Morgan fingerprint density at radius 2 is 2.08 bits per heavy atom. The first-order valence-corrected chi connectivity index (χ1v) is 8.91. The molecule has 25 heavy (non-hydrogen) atoms. The molecule has 1 heterocycles. The number of carbonyl (C=O) groups is 2. The number of rotatable bonds is 6. The van der Waals surface area contributed by atoms with Gasteiger partial charge in [-0.1, -0.05) is 17.7 Å². The van der Waals surface area contributed by atoms with Crippen molar-refractivity contribution < 1.29 is 14.3 Å². The Kier molecular flexibility index (Phi) is 6.28. The number of nitrogens with one attached hydrogen (secondary N) is 2. The van der Waals surface area contributed by atoms with Gasteiger partial charge in [-0.2, -0.15) is 0 Å². The Hall–Kier alpha value is -2.24. The van der Waals surface area contributed by atoms with Gasteiger partial charge in [0.05, 0.1) is 18.7 Å². The van der Waals surface area contributed by atoms with Crippen molar-refractivity contribution in [3.8, 4) is 5.75 Å². The molecule has 0 bridgehead atoms. The van der Waals surface area contributed by atoms with E-state index in [4.69, 9.17) is 4.74 Å². The van der Waals surface area contributed by atoms with Crippen LogP contribution in [0.25, 0.3) is 0 Å². The van der Waals surface area contributed by atoms with E-state index in [1.807, 2.05) is 52.8 Å². The van der Waals surface area contributed by atoms with Crippen LogP contribution in [0.5, 0.6) is 5.75 Å². The minimum atomic E-state index is -0.264. The van der Waals surface area contributed by atoms with Gasteiger partial charge in [-0.15, -0.1) is 0 Å². The zero-order chi connectivity index (χ0) is 18.6. The number of hydrogen-bond donors (Lipinski definition) is 2. The van der Waals surface area contributed by atoms with E-state index < -0.39 is 0 Å². The highest BCUT2D eigenvalue weighted by Gasteiger charge is 2.32. The number of aryl methyl sites for hydroxylation is 1. The van der Waals surface area contributed by atoms with Gasteiger partial charge in [0.2, 0.25) is 5.91 Å². The normalized spacial score (nSPS) is 18.4. The minimum absolute atomic E-state index is 0.0886. The van der Waals surface area contributed by atoms with Gasteiger partial charge in [-0.3, -0.25) is 4.79 Å². The van der Waals surface area contributed by atoms with Gasteiger partial charge in [-0.25, -0.2) is 4.79 Å². The zero-order valence-corrected chi connectivity index (χ0v) is 15.8. The van der Waals surface area contributed by atoms with Gasteiger partial charge >= 0.3 is 6.03 Å². The van der Waals surface area contributed by atoms with Crippen molar-refractivity contribution in [1.82, 2.24) is 15.5 Å². The zero-order valence-electron chi connectivity index (χ0n) is 15.8. The number of ether oxygens (including phenoxy) is 1. The molecule has 1 aliphatic rings. The van der Waals surface area contributed by atoms with Gasteiger partial charge in [0.25, 0.3) is 0 Å². The maximum absolute atomic E-state index is 12.3. The van der Waals surface area contributed by atoms with E-state index in [1.165, 1.54) is 0 Å². The third-order valence-corrected chi connectivity index (χ3v) is 4.40. The Balaban J connectivity index is 1.97. The smallest absolute Gasteiger partial charge is 0.315 e. The Labute approximate surface area is 149 Å². The number of urea groups is 1. The van der Waals surface area contributed by atoms with E-state index in [-0.39, 0.29) is 30.1 Å². The highest BCUT2D eigenvalue weighted by Crippen LogP contribution is 2.26. The van der Waals surface area contributed by atoms with Crippen molar-refractivity contribution in [3.63, 3.8) is 0 Å². The molecule has 0 spiro atoms. The molecule has 3 amide bonds. The van der Waals surface area contributed by atoms with Crippen LogP contribution in [0.1, 0.15) is 51.3 Å². The van der Waals surface area contributed by atoms with Crippen LogP contribution < -0.4 is 15.4 Å². The fourth-order valence-electron chi connectivity index (χ4n) is 3.12. The number of amides is 3. The number of hydrogen-bond acceptors (Lipinski definition) is 3. The predicted molar refractivity (Wildman–Crippen MR) is 97.7 cm³/mol. The van der Waals surface area contributed by atoms with Crippen LogP contribution in [0.3, 0.4) is 0 Å². The summed E-state index contributed by atoms with van der Waals surface area (Å²) in [5, 5.41) is 5.86. The van der Waals surface area contributed by atoms with E-state index in [1.54, 1.807) is 4.90 Å². The molecule has 2 unspecified atom stereocenters. The summed E-state index contributed by atoms with van der Waals surface area (Å²) >= 11 is 0. The molecule has 0 saturated carbocycles. The summed E-state index contributed by atoms with van der Waals surface area (Å²) < 4.78 is 5.66. The Morgan fingerprint density at radius 3 is 2.68 bits per heavy atom. The number of nitrogens with zero attached hydrogens (tertiary/aromatic N) is 1. The SMILES string of the molecule is CCOc1ccc(C)cc1C(C)NC(=O)NC1CC(=O)N(C(C)C)C1. The Bertz CT molecular complexity index is 630. The monoisotopic (exact) mass is 347 g/mol. The maximum Gasteiger partial charge on any atom is 0.315 e. The van der Waals surface area contributed by atoms with E-state index in [0.717, 1.165) is 16.9 Å². The molecular formula is C19H29N3O3. The Morgan fingerprint density at radius 1 is 1.36 bits per heavy atom. The molecule has 1 aromatic rings. The highest BCUT2D eigenvalue weighted by atomic mass is 16.5. The second kappa shape index (κ2) is 8.23. The molecule has 0 radical (unpaired) electrons. The van der Waals surface area contributed by atoms with Crippen LogP contribution in [0.15, 0.2) is 18.2 Å². The average molecular weight is 347 g/mol. The van der Waals surface area contributed by atoms with E-state index in [2.05, 4.69) is 10.6 Å². The standard InChI is InChI=1S/C19H29N3O3/c1-6-25-17-8-7-13(4)9-16(17)14(5)20-19(24)21-15-10-18(23)22(11-15)12(2)3/h7-9,12,14-15H,6,10-11H2,1-5H3,(H2,20,21,24). The minimum Gasteiger partial charge on any atom is -0.494 e. The molecule has 1 aliphatic heterocycles. The van der Waals surface area contributed by atoms with E-state index in [0.29, 0.717) is 19.6 Å². The quantitative estimate of drug-likeness (QED) is 0.831. The lowest BCUT2D eigenvalue weighted by Gasteiger charge is -2.22. The van der Waals surface area contributed by atoms with Crippen LogP contribution in [0.2, 0.25) is 0 Å². The van der Waals surface area contributed by atoms with Crippen molar-refractivity contribution in [2.45, 2.75) is 59.2 Å². The molecule has 6 nitrogen and oxygen atoms in total. The van der Waals surface area contributed by atoms with Crippen molar-refractivity contribution in [2.24, 2.45) is 0 Å². The second-order valence-corrected chi connectivity index (χ2v) is 6.85. The third kappa shape index (κ3) is 4.87. The highest BCUT2D eigenvalue weighted by molar-refractivity contribution is 5.82. The van der Waals surface area contributed by atoms with Crippen LogP contribution in [0, 0.1) is 6.92 Å². The largest absolute Gasteiger partial charge is 0.494 e. The van der Waals surface area contributed by atoms with Crippen molar-refractivity contribution in [3.05, 3.63) is 29.3 Å². The molecule has 2 N–H and O–H groups in total. The molecule has 1 saturated heterocycles. The van der Waals surface area contributed by atoms with Gasteiger partial charge in [0.15, 0.2) is 0 Å². The molecule has 0 aliphatic carbocycles. The first kappa shape index (κ1) is 19.1. The topological polar surface area (TPSA) is 70.7 Å². The fraction of sp³-hybridized carbons (Fsp3) is 0.579. The molecular weight excluding hydrogens is 318 g/mol. The van der Waals surface area contributed by atoms with Gasteiger partial charge in [0, 0.05) is 24.6 Å². The summed E-state index contributed by atoms with van der Waals surface area (Å²) in [6.07, 6.45) is 0.356. The molecule has 2 rings (SSSR count). The fourth-order valence-corrected chi connectivity index (χ4v) is 3.12. The molecule has 1 aromatic carbocycles. The average Bonchev–Trinajstić information content (AvgIpc) is 2.89. The summed E-state index contributed by atoms with van der Waals surface area (Å²) in [5.74, 6) is 0.869. The second-order valence-electron chi connectivity index (χ2n) is 6.85. The molecule has 2 atom stereocenters. The lowest BCUT2D eigenvalue weighted by molar-refractivity contribution is -0.129. The third-order valence-electron chi connectivity index (χ3n) is 4.40. The maximum atomic E-state index is 12.3. The van der Waals surface area contributed by atoms with E-state index in [9.17, 15) is 9.59 Å². The first-order valence-electron chi connectivity index (χ1n) is 8.91. The van der Waals surface area contributed by atoms with Crippen LogP contribution in [-0.4, -0.2) is 42.1 Å². The van der Waals surface area contributed by atoms with Gasteiger partial charge < -0.3 is 20.3 Å². The summed E-state index contributed by atoms with van der Waals surface area (Å²) in [4.78, 5) is 26.1. The number of likely N-dealkylation sites (tertiary alicyclic amines) is 1. The summed E-state index contributed by atoms with van der Waals surface area (Å²) in [5.41, 5.74) is 2.06. The molecule has 6 heteroatoms. The first-order chi connectivity index (χ1) is 11.8. The predicted octanol–water partition coefficient (Wildman–Crippen LogP) is 2.76. The van der Waals surface area contributed by atoms with Gasteiger partial charge in [0.1, 0.15) is 5.75 Å². The van der Waals surface area contributed by atoms with Crippen molar-refractivity contribution in [1.29, 1.82) is 0 Å². The molecule has 1 fully saturated rings. The van der Waals surface area contributed by atoms with Crippen molar-refractivity contribution >= 4 is 11.9 Å².